The number of amides is 2. The second kappa shape index (κ2) is 20.7. The van der Waals surface area contributed by atoms with E-state index in [0.29, 0.717) is 24.2 Å². The van der Waals surface area contributed by atoms with Gasteiger partial charge in [0.2, 0.25) is 20.0 Å². The monoisotopic (exact) mass is 1110 g/mol. The molecule has 0 radical (unpaired) electrons. The Balaban J connectivity index is 1.32. The molecule has 6 fully saturated rings. The van der Waals surface area contributed by atoms with Gasteiger partial charge in [-0.2, -0.15) is 0 Å². The maximum atomic E-state index is 18.3. The number of urea groups is 1. The van der Waals surface area contributed by atoms with E-state index in [4.69, 9.17) is 0 Å². The number of piperidine rings is 2. The number of aromatic hydroxyl groups is 2. The first-order valence-corrected chi connectivity index (χ1v) is 31.2. The van der Waals surface area contributed by atoms with Gasteiger partial charge >= 0.3 is 6.03 Å². The number of phenols is 2. The lowest BCUT2D eigenvalue weighted by Gasteiger charge is -2.51. The number of fused-ring (bicyclic) bond motifs is 4. The standard InChI is InChI=1S/C59H74F2N6O9S2/c1-37-45(19-9-21-51(37)60)58-33-47(41-15-11-25-62-35-41)56(23-27-64(3)77(5,73)74,31-49(58)53(70)39-13-7-17-43(68)29-39)66(58)55(72)67-57(24-28-65(4)78(6,75)76)32-50(54(71)40-14-8-18-44(69)30-40)59(67,46-20-10-22-52(61)38(46)2)34-48(57)42-16-12-26-63-36-42/h7-10,13-14,17-22,29-30,41-42,47-50,62-63,68-69H,11-12,15-16,23-28,31-36H2,1-6H3. The molecule has 0 aromatic heterocycles. The van der Waals surface area contributed by atoms with Crippen LogP contribution < -0.4 is 10.6 Å². The fourth-order valence-corrected chi connectivity index (χ4v) is 17.0. The molecule has 10 unspecified atom stereocenters. The zero-order valence-electron chi connectivity index (χ0n) is 45.5. The van der Waals surface area contributed by atoms with Crippen molar-refractivity contribution in [2.75, 3.05) is 65.9 Å². The summed E-state index contributed by atoms with van der Waals surface area (Å²) in [6.45, 7) is 5.74. The average Bonchev–Trinajstić information content (AvgIpc) is 3.50. The van der Waals surface area contributed by atoms with Crippen molar-refractivity contribution in [3.63, 3.8) is 0 Å². The molecule has 420 valence electrons. The Morgan fingerprint density at radius 2 is 1.00 bits per heavy atom. The van der Waals surface area contributed by atoms with Crippen molar-refractivity contribution in [2.45, 2.75) is 100 Å². The Morgan fingerprint density at radius 1 is 0.615 bits per heavy atom. The summed E-state index contributed by atoms with van der Waals surface area (Å²) >= 11 is 0. The van der Waals surface area contributed by atoms with E-state index >= 15 is 23.2 Å². The third-order valence-corrected chi connectivity index (χ3v) is 22.4. The van der Waals surface area contributed by atoms with Crippen LogP contribution in [0.15, 0.2) is 84.9 Å². The van der Waals surface area contributed by atoms with Crippen LogP contribution in [0.1, 0.15) is 107 Å². The second-order valence-electron chi connectivity index (χ2n) is 23.7. The van der Waals surface area contributed by atoms with Gasteiger partial charge < -0.3 is 30.6 Å². The number of nitrogens with one attached hydrogen (secondary N) is 2. The first-order chi connectivity index (χ1) is 36.9. The maximum Gasteiger partial charge on any atom is 0.322 e. The summed E-state index contributed by atoms with van der Waals surface area (Å²) in [7, 11) is -4.68. The fourth-order valence-electron chi connectivity index (χ4n) is 16.1. The molecule has 15 nitrogen and oxygen atoms in total. The SMILES string of the molecule is Cc1c(F)cccc1C12CC(C3CCCNC3)C(CCN(C)S(C)(=O)=O)(CC1C(=O)c1cccc(O)c1)N2C(=O)N1C2(CCN(C)S(C)(=O)=O)CC(C(=O)c3cccc(O)c3)C1(c1cccc(F)c1C)CC2C1CCCNC1. The van der Waals surface area contributed by atoms with E-state index in [-0.39, 0.29) is 97.2 Å². The van der Waals surface area contributed by atoms with E-state index in [1.54, 1.807) is 62.4 Å². The van der Waals surface area contributed by atoms with Crippen molar-refractivity contribution in [2.24, 2.45) is 35.5 Å². The van der Waals surface area contributed by atoms with Crippen LogP contribution in [0, 0.1) is 61.0 Å². The maximum absolute atomic E-state index is 18.3. The molecular formula is C59H74F2N6O9S2. The number of nitrogens with zero attached hydrogens (tertiary/aromatic N) is 4. The van der Waals surface area contributed by atoms with Gasteiger partial charge in [-0.15, -0.1) is 0 Å². The summed E-state index contributed by atoms with van der Waals surface area (Å²) in [5, 5.41) is 29.0. The number of phenolic OH excluding ortho intramolecular Hbond substituents is 2. The number of hydrogen-bond acceptors (Lipinski definition) is 11. The molecule has 6 heterocycles. The van der Waals surface area contributed by atoms with Crippen LogP contribution in [-0.2, 0) is 31.1 Å². The normalized spacial score (nSPS) is 30.9. The quantitative estimate of drug-likeness (QED) is 0.0803. The molecule has 0 spiro atoms. The van der Waals surface area contributed by atoms with Gasteiger partial charge in [-0.25, -0.2) is 39.0 Å². The molecule has 4 aromatic rings. The molecule has 0 saturated carbocycles. The highest BCUT2D eigenvalue weighted by molar-refractivity contribution is 7.88. The molecule has 19 heteroatoms. The number of Topliss-reactive ketones (excluding diaryl/α,β-unsaturated/α-hetero) is 2. The number of hydrogen-bond donors (Lipinski definition) is 4. The Morgan fingerprint density at radius 3 is 1.35 bits per heavy atom. The summed E-state index contributed by atoms with van der Waals surface area (Å²) < 4.78 is 90.0. The fraction of sp³-hybridized carbons (Fsp3) is 0.542. The van der Waals surface area contributed by atoms with Crippen molar-refractivity contribution in [3.05, 3.63) is 130 Å². The molecule has 2 amide bonds. The van der Waals surface area contributed by atoms with Crippen LogP contribution >= 0.6 is 0 Å². The lowest BCUT2D eigenvalue weighted by Crippen LogP contribution is -2.64. The summed E-state index contributed by atoms with van der Waals surface area (Å²) in [6.07, 6.45) is 5.77. The van der Waals surface area contributed by atoms with Crippen molar-refractivity contribution in [3.8, 4) is 11.5 Å². The molecule has 6 aliphatic heterocycles. The van der Waals surface area contributed by atoms with Crippen LogP contribution in [-0.4, -0.2) is 140 Å². The van der Waals surface area contributed by atoms with Crippen LogP contribution in [0.2, 0.25) is 0 Å². The lowest BCUT2D eigenvalue weighted by atomic mass is 9.59. The molecule has 6 saturated heterocycles. The smallest absolute Gasteiger partial charge is 0.322 e. The minimum atomic E-state index is -3.82. The molecule has 4 bridgehead atoms. The zero-order valence-corrected chi connectivity index (χ0v) is 47.1. The summed E-state index contributed by atoms with van der Waals surface area (Å²) in [5.74, 6) is -5.50. The zero-order chi connectivity index (χ0) is 55.9. The Kier molecular flexibility index (Phi) is 14.8. The number of sulfonamides is 2. The molecule has 10 atom stereocenters. The second-order valence-corrected chi connectivity index (χ2v) is 27.9. The minimum absolute atomic E-state index is 0.0211. The van der Waals surface area contributed by atoms with Crippen molar-refractivity contribution in [1.29, 1.82) is 0 Å². The largest absolute Gasteiger partial charge is 0.508 e. The van der Waals surface area contributed by atoms with E-state index in [0.717, 1.165) is 51.3 Å². The lowest BCUT2D eigenvalue weighted by molar-refractivity contribution is 0.0151. The number of ketones is 2. The molecule has 0 aliphatic carbocycles. The number of benzene rings is 4. The Labute approximate surface area is 457 Å². The summed E-state index contributed by atoms with van der Waals surface area (Å²) in [5.41, 5.74) is -4.47. The van der Waals surface area contributed by atoms with Gasteiger partial charge in [0.1, 0.15) is 23.1 Å². The molecule has 10 rings (SSSR count). The first-order valence-electron chi connectivity index (χ1n) is 27.5. The van der Waals surface area contributed by atoms with E-state index < -0.39 is 95.1 Å². The summed E-state index contributed by atoms with van der Waals surface area (Å²) in [4.78, 5) is 53.8. The first kappa shape index (κ1) is 56.0. The third kappa shape index (κ3) is 9.06. The van der Waals surface area contributed by atoms with Gasteiger partial charge in [0, 0.05) is 38.3 Å². The average molecular weight is 1110 g/mol. The van der Waals surface area contributed by atoms with Gasteiger partial charge in [-0.1, -0.05) is 48.5 Å². The summed E-state index contributed by atoms with van der Waals surface area (Å²) in [6, 6.07) is 20.8. The molecule has 4 aromatic carbocycles. The van der Waals surface area contributed by atoms with Crippen LogP contribution in [0.3, 0.4) is 0 Å². The highest BCUT2D eigenvalue weighted by atomic mass is 32.2. The van der Waals surface area contributed by atoms with Gasteiger partial charge in [0.05, 0.1) is 46.5 Å². The number of rotatable bonds is 16. The van der Waals surface area contributed by atoms with Gasteiger partial charge in [0.15, 0.2) is 11.6 Å². The molecule has 6 aliphatic rings. The van der Waals surface area contributed by atoms with Gasteiger partial charge in [-0.05, 0) is 187 Å². The van der Waals surface area contributed by atoms with Crippen LogP contribution in [0.5, 0.6) is 11.5 Å². The van der Waals surface area contributed by atoms with Gasteiger partial charge in [0.25, 0.3) is 0 Å². The number of carbonyl (C=O) groups excluding carboxylic acids is 3. The van der Waals surface area contributed by atoms with Gasteiger partial charge in [-0.3, -0.25) is 9.59 Å². The highest BCUT2D eigenvalue weighted by Crippen LogP contribution is 2.73. The third-order valence-electron chi connectivity index (χ3n) is 19.8. The Bertz CT molecular complexity index is 3040. The highest BCUT2D eigenvalue weighted by Gasteiger charge is 2.79. The minimum Gasteiger partial charge on any atom is -0.508 e. The number of carbonyl (C=O) groups is 3. The molecule has 78 heavy (non-hydrogen) atoms. The molecule has 4 N–H and O–H groups in total. The van der Waals surface area contributed by atoms with Crippen molar-refractivity contribution >= 4 is 37.6 Å². The van der Waals surface area contributed by atoms with Crippen molar-refractivity contribution < 1.29 is 50.2 Å². The van der Waals surface area contributed by atoms with E-state index in [2.05, 4.69) is 10.6 Å². The predicted octanol–water partition coefficient (Wildman–Crippen LogP) is 7.69. The Hall–Kier alpha value is -5.31. The van der Waals surface area contributed by atoms with E-state index in [1.807, 2.05) is 9.80 Å². The van der Waals surface area contributed by atoms with Crippen LogP contribution in [0.25, 0.3) is 0 Å². The molecular weight excluding hydrogens is 1040 g/mol. The van der Waals surface area contributed by atoms with E-state index in [1.165, 1.54) is 59.1 Å². The predicted molar refractivity (Wildman–Crippen MR) is 293 cm³/mol. The van der Waals surface area contributed by atoms with Crippen LogP contribution in [0.4, 0.5) is 13.6 Å². The topological polar surface area (TPSA) is 197 Å². The number of halogens is 2. The van der Waals surface area contributed by atoms with E-state index in [9.17, 15) is 27.0 Å². The van der Waals surface area contributed by atoms with Crippen molar-refractivity contribution in [1.82, 2.24) is 29.0 Å².